The Labute approximate surface area is 163 Å². The number of amides is 1. The van der Waals surface area contributed by atoms with E-state index in [1.807, 2.05) is 11.5 Å². The molecule has 1 atom stereocenters. The molecule has 1 aliphatic rings. The molecule has 2 aromatic rings. The van der Waals surface area contributed by atoms with Crippen LogP contribution in [0.1, 0.15) is 21.5 Å². The summed E-state index contributed by atoms with van der Waals surface area (Å²) in [5, 5.41) is 7.57. The van der Waals surface area contributed by atoms with Gasteiger partial charge in [0.1, 0.15) is 11.4 Å². The number of aromatic nitrogens is 2. The SMILES string of the molecule is Cc1ccc(C(N)=O)cc1Nc1ncc(C(F)(F)F)c(NCC2C=CSC2)n1. The van der Waals surface area contributed by atoms with Crippen LogP contribution >= 0.6 is 11.8 Å². The molecule has 10 heteroatoms. The average molecular weight is 409 g/mol. The van der Waals surface area contributed by atoms with Crippen LogP contribution in [0, 0.1) is 12.8 Å². The fraction of sp³-hybridized carbons (Fsp3) is 0.278. The van der Waals surface area contributed by atoms with Gasteiger partial charge in [-0.25, -0.2) is 4.98 Å². The van der Waals surface area contributed by atoms with Crippen LogP contribution in [-0.4, -0.2) is 28.2 Å². The monoisotopic (exact) mass is 409 g/mol. The second-order valence-electron chi connectivity index (χ2n) is 6.28. The first kappa shape index (κ1) is 20.0. The molecule has 1 aliphatic heterocycles. The summed E-state index contributed by atoms with van der Waals surface area (Å²) in [7, 11) is 0. The maximum atomic E-state index is 13.3. The fourth-order valence-corrected chi connectivity index (χ4v) is 3.49. The summed E-state index contributed by atoms with van der Waals surface area (Å²) >= 11 is 1.61. The van der Waals surface area contributed by atoms with Gasteiger partial charge in [-0.05, 0) is 30.0 Å². The molecular weight excluding hydrogens is 391 g/mol. The number of benzene rings is 1. The van der Waals surface area contributed by atoms with E-state index in [1.54, 1.807) is 30.8 Å². The van der Waals surface area contributed by atoms with Gasteiger partial charge in [0.05, 0.1) is 0 Å². The summed E-state index contributed by atoms with van der Waals surface area (Å²) in [6.07, 6.45) is -1.89. The maximum Gasteiger partial charge on any atom is 0.421 e. The minimum atomic E-state index is -4.58. The van der Waals surface area contributed by atoms with E-state index in [4.69, 9.17) is 5.73 Å². The van der Waals surface area contributed by atoms with E-state index in [0.29, 0.717) is 12.2 Å². The lowest BCUT2D eigenvalue weighted by Crippen LogP contribution is -2.19. The molecule has 0 bridgehead atoms. The van der Waals surface area contributed by atoms with Crippen molar-refractivity contribution in [3.8, 4) is 0 Å². The van der Waals surface area contributed by atoms with E-state index in [9.17, 15) is 18.0 Å². The Kier molecular flexibility index (Phi) is 5.78. The molecular formula is C18H18F3N5OS. The third kappa shape index (κ3) is 4.75. The van der Waals surface area contributed by atoms with Gasteiger partial charge in [-0.1, -0.05) is 12.1 Å². The first-order valence-corrected chi connectivity index (χ1v) is 9.43. The largest absolute Gasteiger partial charge is 0.421 e. The van der Waals surface area contributed by atoms with Crippen molar-refractivity contribution in [3.05, 3.63) is 52.6 Å². The molecule has 28 heavy (non-hydrogen) atoms. The molecule has 1 unspecified atom stereocenters. The molecule has 0 aliphatic carbocycles. The Hall–Kier alpha value is -2.75. The van der Waals surface area contributed by atoms with Crippen LogP contribution in [0.15, 0.2) is 35.9 Å². The van der Waals surface area contributed by atoms with E-state index < -0.39 is 17.6 Å². The molecule has 0 spiro atoms. The van der Waals surface area contributed by atoms with E-state index in [1.165, 1.54) is 6.07 Å². The normalized spacial score (nSPS) is 16.2. The lowest BCUT2D eigenvalue weighted by molar-refractivity contribution is -0.137. The van der Waals surface area contributed by atoms with Crippen molar-refractivity contribution in [1.29, 1.82) is 0 Å². The molecule has 0 saturated heterocycles. The van der Waals surface area contributed by atoms with E-state index in [0.717, 1.165) is 17.5 Å². The molecule has 1 aromatic heterocycles. The third-order valence-corrected chi connectivity index (χ3v) is 5.12. The van der Waals surface area contributed by atoms with Gasteiger partial charge in [-0.2, -0.15) is 18.2 Å². The van der Waals surface area contributed by atoms with Gasteiger partial charge in [0.25, 0.3) is 0 Å². The fourth-order valence-electron chi connectivity index (χ4n) is 2.57. The van der Waals surface area contributed by atoms with Crippen molar-refractivity contribution < 1.29 is 18.0 Å². The molecule has 3 rings (SSSR count). The summed E-state index contributed by atoms with van der Waals surface area (Å²) in [6, 6.07) is 4.75. The topological polar surface area (TPSA) is 92.9 Å². The second-order valence-corrected chi connectivity index (χ2v) is 7.21. The van der Waals surface area contributed by atoms with Crippen LogP contribution in [0.2, 0.25) is 0 Å². The van der Waals surface area contributed by atoms with Gasteiger partial charge in [-0.3, -0.25) is 4.79 Å². The van der Waals surface area contributed by atoms with Gasteiger partial charge < -0.3 is 16.4 Å². The van der Waals surface area contributed by atoms with E-state index in [2.05, 4.69) is 20.6 Å². The van der Waals surface area contributed by atoms with Crippen molar-refractivity contribution >= 4 is 35.1 Å². The lowest BCUT2D eigenvalue weighted by Gasteiger charge is -2.17. The predicted molar refractivity (Wildman–Crippen MR) is 104 cm³/mol. The number of nitrogens with two attached hydrogens (primary N) is 1. The lowest BCUT2D eigenvalue weighted by atomic mass is 10.1. The summed E-state index contributed by atoms with van der Waals surface area (Å²) in [5.41, 5.74) is 5.85. The van der Waals surface area contributed by atoms with Gasteiger partial charge >= 0.3 is 6.18 Å². The number of alkyl halides is 3. The second kappa shape index (κ2) is 8.09. The van der Waals surface area contributed by atoms with Crippen LogP contribution in [0.5, 0.6) is 0 Å². The smallest absolute Gasteiger partial charge is 0.369 e. The van der Waals surface area contributed by atoms with Crippen LogP contribution in [-0.2, 0) is 6.18 Å². The summed E-state index contributed by atoms with van der Waals surface area (Å²) < 4.78 is 39.9. The number of nitrogens with zero attached hydrogens (tertiary/aromatic N) is 2. The Morgan fingerprint density at radius 1 is 1.39 bits per heavy atom. The average Bonchev–Trinajstić information content (AvgIpc) is 3.14. The molecule has 2 heterocycles. The zero-order valence-electron chi connectivity index (χ0n) is 14.9. The number of hydrogen-bond donors (Lipinski definition) is 3. The third-order valence-electron chi connectivity index (χ3n) is 4.15. The van der Waals surface area contributed by atoms with Crippen molar-refractivity contribution in [2.45, 2.75) is 13.1 Å². The number of carbonyl (C=O) groups excluding carboxylic acids is 1. The zero-order valence-corrected chi connectivity index (χ0v) is 15.7. The van der Waals surface area contributed by atoms with Crippen molar-refractivity contribution in [1.82, 2.24) is 9.97 Å². The Morgan fingerprint density at radius 2 is 2.18 bits per heavy atom. The Bertz CT molecular complexity index is 917. The molecule has 0 saturated carbocycles. The highest BCUT2D eigenvalue weighted by Crippen LogP contribution is 2.34. The number of halogens is 3. The minimum Gasteiger partial charge on any atom is -0.369 e. The van der Waals surface area contributed by atoms with Crippen molar-refractivity contribution in [2.24, 2.45) is 11.7 Å². The van der Waals surface area contributed by atoms with Gasteiger partial charge in [0.15, 0.2) is 0 Å². The summed E-state index contributed by atoms with van der Waals surface area (Å²) in [4.78, 5) is 19.1. The van der Waals surface area contributed by atoms with Crippen LogP contribution in [0.25, 0.3) is 0 Å². The number of thioether (sulfide) groups is 1. The summed E-state index contributed by atoms with van der Waals surface area (Å²) in [6.45, 7) is 2.11. The Balaban J connectivity index is 1.87. The number of aryl methyl sites for hydroxylation is 1. The highest BCUT2D eigenvalue weighted by atomic mass is 32.2. The molecule has 4 N–H and O–H groups in total. The molecule has 148 valence electrons. The number of rotatable bonds is 6. The zero-order chi connectivity index (χ0) is 20.3. The summed E-state index contributed by atoms with van der Waals surface area (Å²) in [5.74, 6) is 0.0210. The molecule has 1 aromatic carbocycles. The highest BCUT2D eigenvalue weighted by molar-refractivity contribution is 8.02. The molecule has 6 nitrogen and oxygen atoms in total. The van der Waals surface area contributed by atoms with Gasteiger partial charge in [0, 0.05) is 35.7 Å². The quantitative estimate of drug-likeness (QED) is 0.669. The molecule has 0 radical (unpaired) electrons. The predicted octanol–water partition coefficient (Wildman–Crippen LogP) is 3.93. The highest BCUT2D eigenvalue weighted by Gasteiger charge is 2.35. The minimum absolute atomic E-state index is 0.0171. The Morgan fingerprint density at radius 3 is 2.82 bits per heavy atom. The maximum absolute atomic E-state index is 13.3. The first-order chi connectivity index (χ1) is 13.2. The number of anilines is 3. The number of carbonyl (C=O) groups is 1. The van der Waals surface area contributed by atoms with Gasteiger partial charge in [-0.15, -0.1) is 11.8 Å². The number of hydrogen-bond acceptors (Lipinski definition) is 6. The first-order valence-electron chi connectivity index (χ1n) is 8.38. The van der Waals surface area contributed by atoms with E-state index >= 15 is 0 Å². The van der Waals surface area contributed by atoms with Crippen LogP contribution in [0.4, 0.5) is 30.6 Å². The standard InChI is InChI=1S/C18H18F3N5OS/c1-10-2-3-12(15(22)27)6-14(10)25-17-24-8-13(18(19,20)21)16(26-17)23-7-11-4-5-28-9-11/h2-6,8,11H,7,9H2,1H3,(H2,22,27)(H2,23,24,25,26). The molecule has 0 fully saturated rings. The number of primary amides is 1. The van der Waals surface area contributed by atoms with Crippen molar-refractivity contribution in [2.75, 3.05) is 22.9 Å². The van der Waals surface area contributed by atoms with Gasteiger partial charge in [0.2, 0.25) is 11.9 Å². The van der Waals surface area contributed by atoms with Crippen molar-refractivity contribution in [3.63, 3.8) is 0 Å². The van der Waals surface area contributed by atoms with E-state index in [-0.39, 0.29) is 23.2 Å². The molecule has 1 amide bonds. The van der Waals surface area contributed by atoms with Crippen LogP contribution < -0.4 is 16.4 Å². The number of nitrogens with one attached hydrogen (secondary N) is 2. The van der Waals surface area contributed by atoms with Crippen LogP contribution in [0.3, 0.4) is 0 Å².